The molecule has 3 rings (SSSR count). The van der Waals surface area contributed by atoms with Crippen LogP contribution in [-0.4, -0.2) is 61.2 Å². The summed E-state index contributed by atoms with van der Waals surface area (Å²) in [5, 5.41) is 3.47. The summed E-state index contributed by atoms with van der Waals surface area (Å²) in [7, 11) is 2.30. The number of piperazine rings is 1. The predicted octanol–water partition coefficient (Wildman–Crippen LogP) is 0.128. The smallest absolute Gasteiger partial charge is 0.0335 e. The molecule has 1 N–H and O–H groups in total. The van der Waals surface area contributed by atoms with Crippen molar-refractivity contribution in [3.05, 3.63) is 0 Å². The van der Waals surface area contributed by atoms with Crippen molar-refractivity contribution in [3.63, 3.8) is 0 Å². The Balaban J connectivity index is 1.65. The minimum atomic E-state index is 0.598. The van der Waals surface area contributed by atoms with E-state index in [4.69, 9.17) is 0 Å². The Morgan fingerprint density at radius 3 is 2.79 bits per heavy atom. The number of likely N-dealkylation sites (N-methyl/N-ethyl adjacent to an activating group) is 1. The highest BCUT2D eigenvalue weighted by molar-refractivity contribution is 5.08. The zero-order chi connectivity index (χ0) is 9.60. The van der Waals surface area contributed by atoms with Crippen molar-refractivity contribution in [2.24, 2.45) is 0 Å². The molecular weight excluding hydrogens is 174 g/mol. The second-order valence-electron chi connectivity index (χ2n) is 5.26. The second-order valence-corrected chi connectivity index (χ2v) is 5.26. The molecule has 3 aliphatic rings. The van der Waals surface area contributed by atoms with Gasteiger partial charge in [-0.25, -0.2) is 0 Å². The lowest BCUT2D eigenvalue weighted by molar-refractivity contribution is 0.0565. The fraction of sp³-hybridized carbons (Fsp3) is 1.00. The Bertz CT molecular complexity index is 219. The zero-order valence-electron chi connectivity index (χ0n) is 9.13. The molecule has 80 valence electrons. The van der Waals surface area contributed by atoms with Gasteiger partial charge in [-0.2, -0.15) is 0 Å². The van der Waals surface area contributed by atoms with E-state index < -0.39 is 0 Å². The molecule has 0 radical (unpaired) electrons. The van der Waals surface area contributed by atoms with E-state index >= 15 is 0 Å². The first-order valence-corrected chi connectivity index (χ1v) is 5.96. The van der Waals surface area contributed by atoms with Crippen molar-refractivity contribution >= 4 is 0 Å². The van der Waals surface area contributed by atoms with Crippen molar-refractivity contribution in [3.8, 4) is 0 Å². The van der Waals surface area contributed by atoms with E-state index in [1.54, 1.807) is 0 Å². The summed E-state index contributed by atoms with van der Waals surface area (Å²) < 4.78 is 0. The van der Waals surface area contributed by atoms with Gasteiger partial charge in [-0.15, -0.1) is 0 Å². The maximum atomic E-state index is 3.47. The number of hydrogen-bond acceptors (Lipinski definition) is 3. The molecule has 2 aliphatic heterocycles. The highest BCUT2D eigenvalue weighted by atomic mass is 15.3. The van der Waals surface area contributed by atoms with Crippen LogP contribution in [0.2, 0.25) is 0 Å². The van der Waals surface area contributed by atoms with Crippen LogP contribution in [0.15, 0.2) is 0 Å². The van der Waals surface area contributed by atoms with Gasteiger partial charge in [0.1, 0.15) is 0 Å². The quantitative estimate of drug-likeness (QED) is 0.641. The highest BCUT2D eigenvalue weighted by Crippen LogP contribution is 2.43. The van der Waals surface area contributed by atoms with Gasteiger partial charge in [-0.1, -0.05) is 0 Å². The Labute approximate surface area is 86.4 Å². The normalized spacial score (nSPS) is 37.9. The standard InChI is InChI=1S/C11H21N3/c1-13-6-7-14(9-11(13)3-4-11)10-2-5-12-8-10/h10,12H,2-9H2,1H3. The van der Waals surface area contributed by atoms with E-state index in [2.05, 4.69) is 22.2 Å². The Morgan fingerprint density at radius 2 is 2.14 bits per heavy atom. The van der Waals surface area contributed by atoms with Gasteiger partial charge in [0, 0.05) is 37.8 Å². The van der Waals surface area contributed by atoms with Gasteiger partial charge in [0.15, 0.2) is 0 Å². The van der Waals surface area contributed by atoms with Crippen LogP contribution < -0.4 is 5.32 Å². The third kappa shape index (κ3) is 1.38. The lowest BCUT2D eigenvalue weighted by Crippen LogP contribution is -2.56. The predicted molar refractivity (Wildman–Crippen MR) is 57.4 cm³/mol. The Morgan fingerprint density at radius 1 is 1.29 bits per heavy atom. The topological polar surface area (TPSA) is 18.5 Å². The molecule has 0 aromatic rings. The SMILES string of the molecule is CN1CCN(C2CCNC2)CC12CC2. The van der Waals surface area contributed by atoms with Crippen LogP contribution in [-0.2, 0) is 0 Å². The molecule has 0 bridgehead atoms. The van der Waals surface area contributed by atoms with Crippen molar-refractivity contribution in [1.82, 2.24) is 15.1 Å². The van der Waals surface area contributed by atoms with E-state index in [0.29, 0.717) is 5.54 Å². The first kappa shape index (κ1) is 9.13. The van der Waals surface area contributed by atoms with Crippen LogP contribution in [0.25, 0.3) is 0 Å². The average Bonchev–Trinajstić information content (AvgIpc) is 2.77. The summed E-state index contributed by atoms with van der Waals surface area (Å²) >= 11 is 0. The number of nitrogens with one attached hydrogen (secondary N) is 1. The summed E-state index contributed by atoms with van der Waals surface area (Å²) in [4.78, 5) is 5.32. The van der Waals surface area contributed by atoms with Crippen LogP contribution in [0.3, 0.4) is 0 Å². The fourth-order valence-corrected chi connectivity index (χ4v) is 3.04. The molecule has 1 aliphatic carbocycles. The molecule has 1 spiro atoms. The maximum absolute atomic E-state index is 3.47. The fourth-order valence-electron chi connectivity index (χ4n) is 3.04. The van der Waals surface area contributed by atoms with E-state index in [-0.39, 0.29) is 0 Å². The molecule has 1 atom stereocenters. The number of rotatable bonds is 1. The summed E-state index contributed by atoms with van der Waals surface area (Å²) in [6, 6.07) is 0.834. The monoisotopic (exact) mass is 195 g/mol. The molecule has 3 nitrogen and oxygen atoms in total. The lowest BCUT2D eigenvalue weighted by Gasteiger charge is -2.42. The maximum Gasteiger partial charge on any atom is 0.0335 e. The largest absolute Gasteiger partial charge is 0.315 e. The van der Waals surface area contributed by atoms with E-state index in [1.807, 2.05) is 0 Å². The van der Waals surface area contributed by atoms with Crippen molar-refractivity contribution in [2.45, 2.75) is 30.8 Å². The molecule has 2 saturated heterocycles. The van der Waals surface area contributed by atoms with Gasteiger partial charge >= 0.3 is 0 Å². The van der Waals surface area contributed by atoms with Crippen molar-refractivity contribution in [1.29, 1.82) is 0 Å². The molecule has 1 unspecified atom stereocenters. The van der Waals surface area contributed by atoms with Crippen molar-refractivity contribution in [2.75, 3.05) is 39.8 Å². The van der Waals surface area contributed by atoms with Gasteiger partial charge in [-0.05, 0) is 32.9 Å². The first-order valence-electron chi connectivity index (χ1n) is 5.96. The first-order chi connectivity index (χ1) is 6.80. The third-order valence-electron chi connectivity index (χ3n) is 4.41. The number of nitrogens with zero attached hydrogens (tertiary/aromatic N) is 2. The molecule has 2 heterocycles. The Kier molecular flexibility index (Phi) is 2.08. The molecule has 0 amide bonds. The molecule has 3 fully saturated rings. The van der Waals surface area contributed by atoms with Crippen LogP contribution in [0.4, 0.5) is 0 Å². The van der Waals surface area contributed by atoms with Crippen LogP contribution in [0.1, 0.15) is 19.3 Å². The molecule has 14 heavy (non-hydrogen) atoms. The highest BCUT2D eigenvalue weighted by Gasteiger charge is 2.50. The van der Waals surface area contributed by atoms with E-state index in [0.717, 1.165) is 6.04 Å². The lowest BCUT2D eigenvalue weighted by atomic mass is 10.1. The minimum Gasteiger partial charge on any atom is -0.315 e. The van der Waals surface area contributed by atoms with Crippen LogP contribution in [0, 0.1) is 0 Å². The van der Waals surface area contributed by atoms with Gasteiger partial charge in [0.05, 0.1) is 0 Å². The van der Waals surface area contributed by atoms with Crippen molar-refractivity contribution < 1.29 is 0 Å². The number of hydrogen-bond donors (Lipinski definition) is 1. The average molecular weight is 195 g/mol. The summed E-state index contributed by atoms with van der Waals surface area (Å²) in [5.41, 5.74) is 0.598. The van der Waals surface area contributed by atoms with Gasteiger partial charge < -0.3 is 5.32 Å². The summed E-state index contributed by atoms with van der Waals surface area (Å²) in [6.45, 7) is 6.33. The van der Waals surface area contributed by atoms with E-state index in [9.17, 15) is 0 Å². The third-order valence-corrected chi connectivity index (χ3v) is 4.41. The molecular formula is C11H21N3. The van der Waals surface area contributed by atoms with Gasteiger partial charge in [0.2, 0.25) is 0 Å². The second kappa shape index (κ2) is 3.19. The molecule has 0 aromatic heterocycles. The van der Waals surface area contributed by atoms with E-state index in [1.165, 1.54) is 52.0 Å². The van der Waals surface area contributed by atoms with Crippen LogP contribution >= 0.6 is 0 Å². The Hall–Kier alpha value is -0.120. The molecule has 0 aromatic carbocycles. The summed E-state index contributed by atoms with van der Waals surface area (Å²) in [6.07, 6.45) is 4.22. The molecule has 1 saturated carbocycles. The zero-order valence-corrected chi connectivity index (χ0v) is 9.13. The van der Waals surface area contributed by atoms with Gasteiger partial charge in [-0.3, -0.25) is 9.80 Å². The summed E-state index contributed by atoms with van der Waals surface area (Å²) in [5.74, 6) is 0. The molecule has 3 heteroatoms. The minimum absolute atomic E-state index is 0.598. The van der Waals surface area contributed by atoms with Crippen LogP contribution in [0.5, 0.6) is 0 Å². The van der Waals surface area contributed by atoms with Gasteiger partial charge in [0.25, 0.3) is 0 Å².